The van der Waals surface area contributed by atoms with Crippen molar-refractivity contribution in [3.63, 3.8) is 0 Å². The lowest BCUT2D eigenvalue weighted by atomic mass is 9.99. The number of ether oxygens (including phenoxy) is 2. The second kappa shape index (κ2) is 19.5. The number of unbranched alkanes of at least 4 members (excludes halogenated alkanes) is 1. The van der Waals surface area contributed by atoms with Crippen LogP contribution in [0.5, 0.6) is 0 Å². The molecule has 1 fully saturated rings. The largest absolute Gasteiger partial charge is 0.431 e. The Balaban J connectivity index is 1.07. The first-order valence-electron chi connectivity index (χ1n) is 19.1. The van der Waals surface area contributed by atoms with E-state index in [2.05, 4.69) is 17.4 Å². The summed E-state index contributed by atoms with van der Waals surface area (Å²) in [5.41, 5.74) is 9.99. The highest BCUT2D eigenvalue weighted by molar-refractivity contribution is 7.99. The molecule has 0 saturated carbocycles. The molecule has 2 amide bonds. The molecular weight excluding hydrogens is 739 g/mol. The SMILES string of the molecule is O=C(CCCCC(=O)NCc1cccc(-c2cccc([C@@H]3O[C@H](CSc4nc(-c5ccccc5)c(-c5ccccc5)o4)C[C@H](c4ccc(CO)cc4)O3)c2)c1)NO. The van der Waals surface area contributed by atoms with Gasteiger partial charge < -0.3 is 24.3 Å². The number of thioether (sulfide) groups is 1. The molecule has 1 aliphatic rings. The normalized spacial score (nSPS) is 16.6. The van der Waals surface area contributed by atoms with Crippen LogP contribution in [0.25, 0.3) is 33.7 Å². The fraction of sp³-hybridized carbons (Fsp3) is 0.239. The van der Waals surface area contributed by atoms with E-state index in [4.69, 9.17) is 24.1 Å². The Labute approximate surface area is 336 Å². The molecule has 1 aliphatic heterocycles. The molecule has 7 rings (SSSR count). The molecule has 3 atom stereocenters. The summed E-state index contributed by atoms with van der Waals surface area (Å²) in [6, 6.07) is 44.1. The van der Waals surface area contributed by atoms with Crippen molar-refractivity contribution in [2.24, 2.45) is 0 Å². The summed E-state index contributed by atoms with van der Waals surface area (Å²) >= 11 is 1.52. The number of benzene rings is 5. The smallest absolute Gasteiger partial charge is 0.256 e. The maximum atomic E-state index is 12.4. The first-order chi connectivity index (χ1) is 27.9. The summed E-state index contributed by atoms with van der Waals surface area (Å²) in [6.07, 6.45) is 1.05. The van der Waals surface area contributed by atoms with Gasteiger partial charge in [0.2, 0.25) is 11.8 Å². The van der Waals surface area contributed by atoms with Crippen molar-refractivity contribution in [1.82, 2.24) is 15.8 Å². The highest BCUT2D eigenvalue weighted by Gasteiger charge is 2.33. The minimum Gasteiger partial charge on any atom is -0.431 e. The number of aromatic nitrogens is 1. The number of hydrogen-bond acceptors (Lipinski definition) is 9. The van der Waals surface area contributed by atoms with Crippen LogP contribution in [0, 0.1) is 0 Å². The maximum absolute atomic E-state index is 12.4. The quantitative estimate of drug-likeness (QED) is 0.0327. The highest BCUT2D eigenvalue weighted by atomic mass is 32.2. The fourth-order valence-electron chi connectivity index (χ4n) is 6.77. The second-order valence-corrected chi connectivity index (χ2v) is 14.9. The molecule has 0 radical (unpaired) electrons. The van der Waals surface area contributed by atoms with Crippen LogP contribution >= 0.6 is 11.8 Å². The number of carbonyl (C=O) groups is 2. The van der Waals surface area contributed by atoms with Crippen LogP contribution in [0.4, 0.5) is 0 Å². The lowest BCUT2D eigenvalue weighted by Gasteiger charge is -2.36. The molecular formula is C46H45N3O7S. The van der Waals surface area contributed by atoms with E-state index in [1.807, 2.05) is 121 Å². The third-order valence-corrected chi connectivity index (χ3v) is 10.7. The zero-order valence-corrected chi connectivity index (χ0v) is 32.2. The van der Waals surface area contributed by atoms with Crippen molar-refractivity contribution < 1.29 is 33.8 Å². The number of aliphatic hydroxyl groups is 1. The van der Waals surface area contributed by atoms with Crippen molar-refractivity contribution in [1.29, 1.82) is 0 Å². The average molecular weight is 784 g/mol. The van der Waals surface area contributed by atoms with Gasteiger partial charge in [-0.15, -0.1) is 0 Å². The molecule has 4 N–H and O–H groups in total. The van der Waals surface area contributed by atoms with E-state index in [-0.39, 0.29) is 31.1 Å². The van der Waals surface area contributed by atoms with E-state index < -0.39 is 12.2 Å². The number of nitrogens with one attached hydrogen (secondary N) is 2. The van der Waals surface area contributed by atoms with Crippen molar-refractivity contribution >= 4 is 23.6 Å². The molecule has 0 spiro atoms. The molecule has 6 aromatic rings. The van der Waals surface area contributed by atoms with Gasteiger partial charge in [-0.2, -0.15) is 0 Å². The maximum Gasteiger partial charge on any atom is 0.256 e. The lowest BCUT2D eigenvalue weighted by Crippen LogP contribution is -2.31. The summed E-state index contributed by atoms with van der Waals surface area (Å²) in [4.78, 5) is 28.6. The van der Waals surface area contributed by atoms with Crippen LogP contribution in [-0.2, 0) is 32.2 Å². The van der Waals surface area contributed by atoms with Crippen LogP contribution in [0.2, 0.25) is 0 Å². The van der Waals surface area contributed by atoms with Gasteiger partial charge in [-0.1, -0.05) is 133 Å². The van der Waals surface area contributed by atoms with Crippen LogP contribution < -0.4 is 10.8 Å². The number of aliphatic hydroxyl groups excluding tert-OH is 1. The minimum absolute atomic E-state index is 0.0311. The Hall–Kier alpha value is -5.56. The van der Waals surface area contributed by atoms with Gasteiger partial charge in [0.15, 0.2) is 12.1 Å². The van der Waals surface area contributed by atoms with E-state index >= 15 is 0 Å². The van der Waals surface area contributed by atoms with E-state index in [0.717, 1.165) is 56.0 Å². The van der Waals surface area contributed by atoms with Crippen molar-refractivity contribution in [3.05, 3.63) is 156 Å². The van der Waals surface area contributed by atoms with Crippen LogP contribution in [-0.4, -0.2) is 39.0 Å². The predicted molar refractivity (Wildman–Crippen MR) is 219 cm³/mol. The van der Waals surface area contributed by atoms with E-state index in [1.165, 1.54) is 11.8 Å². The Kier molecular flexibility index (Phi) is 13.6. The first kappa shape index (κ1) is 39.7. The fourth-order valence-corrected chi connectivity index (χ4v) is 7.61. The summed E-state index contributed by atoms with van der Waals surface area (Å²) in [5.74, 6) is 0.757. The van der Waals surface area contributed by atoms with Crippen LogP contribution in [0.3, 0.4) is 0 Å². The van der Waals surface area contributed by atoms with Gasteiger partial charge in [-0.3, -0.25) is 14.8 Å². The number of amides is 2. The average Bonchev–Trinajstić information content (AvgIpc) is 3.71. The molecule has 292 valence electrons. The highest BCUT2D eigenvalue weighted by Crippen LogP contribution is 2.41. The molecule has 0 unspecified atom stereocenters. The summed E-state index contributed by atoms with van der Waals surface area (Å²) in [6.45, 7) is 0.343. The third-order valence-electron chi connectivity index (χ3n) is 9.79. The molecule has 11 heteroatoms. The number of nitrogens with zero attached hydrogens (tertiary/aromatic N) is 1. The molecule has 1 aromatic heterocycles. The van der Waals surface area contributed by atoms with Crippen LogP contribution in [0.1, 0.15) is 66.8 Å². The molecule has 57 heavy (non-hydrogen) atoms. The van der Waals surface area contributed by atoms with Gasteiger partial charge in [0, 0.05) is 48.3 Å². The van der Waals surface area contributed by atoms with E-state index in [9.17, 15) is 14.7 Å². The molecule has 10 nitrogen and oxygen atoms in total. The molecule has 1 saturated heterocycles. The molecule has 0 bridgehead atoms. The van der Waals surface area contributed by atoms with Crippen molar-refractivity contribution in [3.8, 4) is 33.7 Å². The van der Waals surface area contributed by atoms with E-state index in [1.54, 1.807) is 5.48 Å². The van der Waals surface area contributed by atoms with Gasteiger partial charge in [0.05, 0.1) is 18.8 Å². The first-order valence-corrected chi connectivity index (χ1v) is 20.1. The Morgan fingerprint density at radius 1 is 0.702 bits per heavy atom. The topological polar surface area (TPSA) is 143 Å². The number of oxazole rings is 1. The van der Waals surface area contributed by atoms with Crippen molar-refractivity contribution in [2.75, 3.05) is 5.75 Å². The number of hydroxylamine groups is 1. The summed E-state index contributed by atoms with van der Waals surface area (Å²) in [5, 5.41) is 21.8. The molecule has 0 aliphatic carbocycles. The number of hydrogen-bond donors (Lipinski definition) is 4. The zero-order chi connectivity index (χ0) is 39.4. The minimum atomic E-state index is -0.651. The van der Waals surface area contributed by atoms with E-state index in [0.29, 0.717) is 43.2 Å². The molecule has 2 heterocycles. The number of carbonyl (C=O) groups excluding carboxylic acids is 2. The monoisotopic (exact) mass is 783 g/mol. The van der Waals surface area contributed by atoms with Crippen molar-refractivity contribution in [2.45, 2.75) is 69.0 Å². The Bertz CT molecular complexity index is 2170. The third kappa shape index (κ3) is 10.6. The summed E-state index contributed by atoms with van der Waals surface area (Å²) in [7, 11) is 0. The predicted octanol–water partition coefficient (Wildman–Crippen LogP) is 9.19. The van der Waals surface area contributed by atoms with Gasteiger partial charge in [-0.25, -0.2) is 10.5 Å². The zero-order valence-electron chi connectivity index (χ0n) is 31.4. The van der Waals surface area contributed by atoms with Crippen LogP contribution in [0.15, 0.2) is 143 Å². The van der Waals surface area contributed by atoms with Gasteiger partial charge in [0.25, 0.3) is 5.22 Å². The Morgan fingerprint density at radius 2 is 1.37 bits per heavy atom. The molecule has 5 aromatic carbocycles. The van der Waals surface area contributed by atoms with Gasteiger partial charge in [-0.05, 0) is 52.8 Å². The van der Waals surface area contributed by atoms with Gasteiger partial charge >= 0.3 is 0 Å². The number of rotatable bonds is 16. The second-order valence-electron chi connectivity index (χ2n) is 13.9. The summed E-state index contributed by atoms with van der Waals surface area (Å²) < 4.78 is 19.8. The standard InChI is InChI=1S/C46H45N3O7S/c50-29-31-21-23-33(24-22-31)40-27-39(30-57-46-48-43(34-12-3-1-4-13-34)44(56-46)35-14-5-2-6-15-35)54-45(55-40)38-18-10-17-37(26-38)36-16-9-11-32(25-36)28-47-41(51)19-7-8-20-42(52)49-53/h1-6,9-18,21-26,39-40,45,50,53H,7-8,19-20,27-30H2,(H,47,51)(H,49,52)/t39-,40+,45+/m0/s1. The lowest BCUT2D eigenvalue weighted by molar-refractivity contribution is -0.245. The Morgan fingerprint density at radius 3 is 2.09 bits per heavy atom. The van der Waals surface area contributed by atoms with Gasteiger partial charge in [0.1, 0.15) is 5.69 Å².